The predicted molar refractivity (Wildman–Crippen MR) is 130 cm³/mol. The number of rotatable bonds is 6. The Bertz CT molecular complexity index is 1230. The first-order valence-electron chi connectivity index (χ1n) is 8.91. The van der Waals surface area contributed by atoms with E-state index in [1.807, 2.05) is 0 Å². The monoisotopic (exact) mass is 493 g/mol. The van der Waals surface area contributed by atoms with Gasteiger partial charge in [-0.15, -0.1) is 0 Å². The van der Waals surface area contributed by atoms with Gasteiger partial charge < -0.3 is 10.6 Å². The van der Waals surface area contributed by atoms with E-state index in [1.54, 1.807) is 36.4 Å². The van der Waals surface area contributed by atoms with Gasteiger partial charge >= 0.3 is 0 Å². The second-order valence-corrected chi connectivity index (χ2v) is 9.38. The maximum Gasteiger partial charge on any atom is 0.261 e. The average Bonchev–Trinajstić information content (AvgIpc) is 2.71. The molecule has 0 saturated heterocycles. The Kier molecular flexibility index (Phi) is 7.17. The Balaban J connectivity index is 1.64. The Morgan fingerprint density at radius 1 is 0.806 bits per heavy atom. The molecule has 3 aromatic rings. The van der Waals surface area contributed by atoms with E-state index in [1.165, 1.54) is 37.3 Å². The summed E-state index contributed by atoms with van der Waals surface area (Å²) in [5, 5.41) is 6.88. The zero-order valence-corrected chi connectivity index (χ0v) is 19.3. The van der Waals surface area contributed by atoms with Gasteiger partial charge in [0.2, 0.25) is 0 Å². The average molecular weight is 494 g/mol. The SMILES string of the molecule is CC(=O)c1ccc(NC(=S)Nc2ccc(S(=O)(=O)Nc3ccc(Cl)c(Cl)c3)cc2)cc1. The highest BCUT2D eigenvalue weighted by Gasteiger charge is 2.15. The van der Waals surface area contributed by atoms with Crippen LogP contribution in [0.25, 0.3) is 0 Å². The van der Waals surface area contributed by atoms with Gasteiger partial charge in [-0.25, -0.2) is 8.42 Å². The molecule has 0 aliphatic rings. The summed E-state index contributed by atoms with van der Waals surface area (Å²) in [7, 11) is -3.80. The summed E-state index contributed by atoms with van der Waals surface area (Å²) in [6.45, 7) is 1.50. The summed E-state index contributed by atoms with van der Waals surface area (Å²) < 4.78 is 27.6. The maximum absolute atomic E-state index is 12.6. The molecule has 0 radical (unpaired) electrons. The van der Waals surface area contributed by atoms with E-state index >= 15 is 0 Å². The van der Waals surface area contributed by atoms with Gasteiger partial charge in [-0.3, -0.25) is 9.52 Å². The largest absolute Gasteiger partial charge is 0.332 e. The van der Waals surface area contributed by atoms with Crippen molar-refractivity contribution in [1.82, 2.24) is 0 Å². The molecular formula is C21H17Cl2N3O3S2. The molecule has 6 nitrogen and oxygen atoms in total. The molecule has 0 saturated carbocycles. The topological polar surface area (TPSA) is 87.3 Å². The summed E-state index contributed by atoms with van der Waals surface area (Å²) in [5.41, 5.74) is 2.23. The number of hydrogen-bond acceptors (Lipinski definition) is 4. The zero-order chi connectivity index (χ0) is 22.6. The molecule has 0 heterocycles. The minimum Gasteiger partial charge on any atom is -0.332 e. The van der Waals surface area contributed by atoms with Gasteiger partial charge in [-0.2, -0.15) is 0 Å². The molecule has 0 amide bonds. The van der Waals surface area contributed by atoms with E-state index in [-0.39, 0.29) is 15.7 Å². The number of sulfonamides is 1. The summed E-state index contributed by atoms with van der Waals surface area (Å²) in [5.74, 6) is -0.0176. The fourth-order valence-corrected chi connectivity index (χ4v) is 4.16. The Hall–Kier alpha value is -2.65. The number of halogens is 2. The number of ketones is 1. The van der Waals surface area contributed by atoms with Crippen molar-refractivity contribution in [2.75, 3.05) is 15.4 Å². The van der Waals surface area contributed by atoms with Crippen LogP contribution in [0, 0.1) is 0 Å². The number of thiocarbonyl (C=S) groups is 1. The number of benzene rings is 3. The van der Waals surface area contributed by atoms with E-state index in [0.29, 0.717) is 32.8 Å². The lowest BCUT2D eigenvalue weighted by atomic mass is 10.1. The lowest BCUT2D eigenvalue weighted by Crippen LogP contribution is -2.19. The van der Waals surface area contributed by atoms with Crippen LogP contribution in [-0.2, 0) is 10.0 Å². The highest BCUT2D eigenvalue weighted by atomic mass is 35.5. The quantitative estimate of drug-likeness (QED) is 0.296. The molecule has 3 N–H and O–H groups in total. The van der Waals surface area contributed by atoms with Gasteiger partial charge in [0.15, 0.2) is 10.9 Å². The molecular weight excluding hydrogens is 477 g/mol. The molecule has 10 heteroatoms. The number of carbonyl (C=O) groups is 1. The predicted octanol–water partition coefficient (Wildman–Crippen LogP) is 5.81. The summed E-state index contributed by atoms with van der Waals surface area (Å²) in [4.78, 5) is 11.4. The molecule has 0 fully saturated rings. The molecule has 0 aliphatic carbocycles. The van der Waals surface area contributed by atoms with E-state index in [4.69, 9.17) is 35.4 Å². The molecule has 0 unspecified atom stereocenters. The second-order valence-electron chi connectivity index (χ2n) is 6.47. The molecule has 3 rings (SSSR count). The van der Waals surface area contributed by atoms with Crippen LogP contribution in [0.5, 0.6) is 0 Å². The van der Waals surface area contributed by atoms with Crippen molar-refractivity contribution in [3.05, 3.63) is 82.3 Å². The Morgan fingerprint density at radius 3 is 1.84 bits per heavy atom. The molecule has 3 aromatic carbocycles. The Labute approximate surface area is 195 Å². The van der Waals surface area contributed by atoms with Gasteiger partial charge in [0, 0.05) is 16.9 Å². The summed E-state index contributed by atoms with van der Waals surface area (Å²) in [6.07, 6.45) is 0. The molecule has 0 spiro atoms. The van der Waals surface area contributed by atoms with Crippen molar-refractivity contribution < 1.29 is 13.2 Å². The molecule has 0 aromatic heterocycles. The Morgan fingerprint density at radius 2 is 1.32 bits per heavy atom. The van der Waals surface area contributed by atoms with Crippen LogP contribution in [0.2, 0.25) is 10.0 Å². The first kappa shape index (κ1) is 23.0. The van der Waals surface area contributed by atoms with Gasteiger partial charge in [-0.1, -0.05) is 23.2 Å². The minimum absolute atomic E-state index is 0.0176. The minimum atomic E-state index is -3.80. The van der Waals surface area contributed by atoms with Gasteiger partial charge in [0.1, 0.15) is 0 Å². The third-order valence-corrected chi connectivity index (χ3v) is 6.48. The number of carbonyl (C=O) groups excluding carboxylic acids is 1. The fourth-order valence-electron chi connectivity index (χ4n) is 2.57. The number of anilines is 3. The van der Waals surface area contributed by atoms with Crippen molar-refractivity contribution in [3.63, 3.8) is 0 Å². The number of Topliss-reactive ketones (excluding diaryl/α,β-unsaturated/α-hetero) is 1. The fraction of sp³-hybridized carbons (Fsp3) is 0.0476. The van der Waals surface area contributed by atoms with Crippen molar-refractivity contribution in [2.24, 2.45) is 0 Å². The van der Waals surface area contributed by atoms with Crippen molar-refractivity contribution in [3.8, 4) is 0 Å². The third-order valence-electron chi connectivity index (χ3n) is 4.14. The van der Waals surface area contributed by atoms with Crippen LogP contribution in [0.4, 0.5) is 17.1 Å². The van der Waals surface area contributed by atoms with Crippen LogP contribution < -0.4 is 15.4 Å². The standard InChI is InChI=1S/C21H17Cl2N3O3S2/c1-13(27)14-2-4-15(5-3-14)24-21(30)25-16-6-9-18(10-7-16)31(28,29)26-17-8-11-19(22)20(23)12-17/h2-12,26H,1H3,(H2,24,25,30). The summed E-state index contributed by atoms with van der Waals surface area (Å²) in [6, 6.07) is 17.5. The van der Waals surface area contributed by atoms with Crippen LogP contribution in [0.3, 0.4) is 0 Å². The van der Waals surface area contributed by atoms with Gasteiger partial charge in [0.25, 0.3) is 10.0 Å². The van der Waals surface area contributed by atoms with Crippen molar-refractivity contribution >= 4 is 73.4 Å². The van der Waals surface area contributed by atoms with Crippen LogP contribution >= 0.6 is 35.4 Å². The molecule has 0 bridgehead atoms. The number of hydrogen-bond donors (Lipinski definition) is 3. The van der Waals surface area contributed by atoms with Crippen molar-refractivity contribution in [1.29, 1.82) is 0 Å². The second kappa shape index (κ2) is 9.65. The smallest absolute Gasteiger partial charge is 0.261 e. The van der Waals surface area contributed by atoms with E-state index in [2.05, 4.69) is 15.4 Å². The van der Waals surface area contributed by atoms with Crippen LogP contribution in [0.1, 0.15) is 17.3 Å². The zero-order valence-electron chi connectivity index (χ0n) is 16.1. The van der Waals surface area contributed by atoms with E-state index < -0.39 is 10.0 Å². The molecule has 160 valence electrons. The molecule has 0 aliphatic heterocycles. The number of nitrogens with one attached hydrogen (secondary N) is 3. The third kappa shape index (κ3) is 6.18. The lowest BCUT2D eigenvalue weighted by Gasteiger charge is -2.12. The normalized spacial score (nSPS) is 10.9. The van der Waals surface area contributed by atoms with Gasteiger partial charge in [0.05, 0.1) is 20.6 Å². The first-order valence-corrected chi connectivity index (χ1v) is 11.6. The highest BCUT2D eigenvalue weighted by Crippen LogP contribution is 2.26. The first-order chi connectivity index (χ1) is 14.6. The maximum atomic E-state index is 12.6. The van der Waals surface area contributed by atoms with Crippen LogP contribution in [0.15, 0.2) is 71.6 Å². The highest BCUT2D eigenvalue weighted by molar-refractivity contribution is 7.92. The lowest BCUT2D eigenvalue weighted by molar-refractivity contribution is 0.101. The van der Waals surface area contributed by atoms with E-state index in [9.17, 15) is 13.2 Å². The molecule has 31 heavy (non-hydrogen) atoms. The van der Waals surface area contributed by atoms with E-state index in [0.717, 1.165) is 0 Å². The van der Waals surface area contributed by atoms with Crippen LogP contribution in [-0.4, -0.2) is 19.3 Å². The molecule has 0 atom stereocenters. The van der Waals surface area contributed by atoms with Crippen molar-refractivity contribution in [2.45, 2.75) is 11.8 Å². The van der Waals surface area contributed by atoms with Gasteiger partial charge in [-0.05, 0) is 85.9 Å². The summed E-state index contributed by atoms with van der Waals surface area (Å²) >= 11 is 17.1.